The Hall–Kier alpha value is -2.37. The SMILES string of the molecule is CCCC(NCC(=O)Nc1ccccc1Cc1ccccc1)C(=O)O.Cl. The Bertz CT molecular complexity index is 707. The van der Waals surface area contributed by atoms with Gasteiger partial charge in [-0.3, -0.25) is 14.9 Å². The number of carbonyl (C=O) groups is 2. The molecule has 6 heteroatoms. The smallest absolute Gasteiger partial charge is 0.320 e. The Balaban J connectivity index is 0.00000338. The van der Waals surface area contributed by atoms with Crippen molar-refractivity contribution in [3.8, 4) is 0 Å². The van der Waals surface area contributed by atoms with Crippen LogP contribution in [0.3, 0.4) is 0 Å². The molecule has 3 N–H and O–H groups in total. The van der Waals surface area contributed by atoms with Gasteiger partial charge >= 0.3 is 5.97 Å². The predicted molar refractivity (Wildman–Crippen MR) is 106 cm³/mol. The van der Waals surface area contributed by atoms with Crippen LogP contribution in [0, 0.1) is 0 Å². The number of hydrogen-bond donors (Lipinski definition) is 3. The van der Waals surface area contributed by atoms with Gasteiger partial charge in [-0.1, -0.05) is 61.9 Å². The number of hydrogen-bond acceptors (Lipinski definition) is 3. The largest absolute Gasteiger partial charge is 0.480 e. The molecule has 0 saturated carbocycles. The van der Waals surface area contributed by atoms with Crippen LogP contribution in [-0.4, -0.2) is 29.6 Å². The zero-order valence-corrected chi connectivity index (χ0v) is 15.6. The van der Waals surface area contributed by atoms with Gasteiger partial charge < -0.3 is 10.4 Å². The monoisotopic (exact) mass is 376 g/mol. The van der Waals surface area contributed by atoms with Crippen molar-refractivity contribution >= 4 is 30.0 Å². The number of para-hydroxylation sites is 1. The molecular formula is C20H25ClN2O3. The molecule has 0 fully saturated rings. The first-order valence-corrected chi connectivity index (χ1v) is 8.48. The number of carboxylic acid groups (broad SMARTS) is 1. The highest BCUT2D eigenvalue weighted by atomic mass is 35.5. The zero-order chi connectivity index (χ0) is 18.1. The van der Waals surface area contributed by atoms with Crippen molar-refractivity contribution in [3.63, 3.8) is 0 Å². The van der Waals surface area contributed by atoms with Crippen molar-refractivity contribution in [2.45, 2.75) is 32.2 Å². The van der Waals surface area contributed by atoms with Crippen LogP contribution in [0.25, 0.3) is 0 Å². The molecule has 0 aromatic heterocycles. The molecular weight excluding hydrogens is 352 g/mol. The van der Waals surface area contributed by atoms with Crippen LogP contribution in [0.15, 0.2) is 54.6 Å². The maximum Gasteiger partial charge on any atom is 0.320 e. The second-order valence-electron chi connectivity index (χ2n) is 5.93. The lowest BCUT2D eigenvalue weighted by Gasteiger charge is -2.15. The summed E-state index contributed by atoms with van der Waals surface area (Å²) in [5.74, 6) is -1.18. The summed E-state index contributed by atoms with van der Waals surface area (Å²) in [6, 6.07) is 17.0. The van der Waals surface area contributed by atoms with Gasteiger partial charge in [-0.05, 0) is 30.0 Å². The Morgan fingerprint density at radius 3 is 2.35 bits per heavy atom. The van der Waals surface area contributed by atoms with E-state index in [0.717, 1.165) is 29.7 Å². The molecule has 0 heterocycles. The zero-order valence-electron chi connectivity index (χ0n) is 14.8. The van der Waals surface area contributed by atoms with E-state index in [1.54, 1.807) is 0 Å². The van der Waals surface area contributed by atoms with Gasteiger partial charge in [0.1, 0.15) is 6.04 Å². The lowest BCUT2D eigenvalue weighted by Crippen LogP contribution is -2.41. The van der Waals surface area contributed by atoms with Crippen LogP contribution in [0.5, 0.6) is 0 Å². The van der Waals surface area contributed by atoms with Gasteiger partial charge in [0.2, 0.25) is 5.91 Å². The lowest BCUT2D eigenvalue weighted by molar-refractivity contribution is -0.139. The van der Waals surface area contributed by atoms with Gasteiger partial charge in [-0.2, -0.15) is 0 Å². The third kappa shape index (κ3) is 6.86. The fourth-order valence-electron chi connectivity index (χ4n) is 2.62. The minimum Gasteiger partial charge on any atom is -0.480 e. The van der Waals surface area contributed by atoms with Crippen molar-refractivity contribution in [2.24, 2.45) is 0 Å². The van der Waals surface area contributed by atoms with E-state index < -0.39 is 12.0 Å². The maximum atomic E-state index is 12.2. The van der Waals surface area contributed by atoms with E-state index in [0.29, 0.717) is 6.42 Å². The first-order chi connectivity index (χ1) is 12.1. The molecule has 2 aromatic carbocycles. The number of benzene rings is 2. The van der Waals surface area contributed by atoms with E-state index >= 15 is 0 Å². The van der Waals surface area contributed by atoms with E-state index in [4.69, 9.17) is 5.11 Å². The fraction of sp³-hybridized carbons (Fsp3) is 0.300. The number of amides is 1. The number of nitrogens with one attached hydrogen (secondary N) is 2. The molecule has 0 aliphatic carbocycles. The minimum absolute atomic E-state index is 0. The molecule has 1 amide bonds. The summed E-state index contributed by atoms with van der Waals surface area (Å²) >= 11 is 0. The summed E-state index contributed by atoms with van der Waals surface area (Å²) in [6.45, 7) is 1.88. The molecule has 5 nitrogen and oxygen atoms in total. The molecule has 0 aliphatic rings. The van der Waals surface area contributed by atoms with Crippen molar-refractivity contribution in [1.29, 1.82) is 0 Å². The molecule has 0 bridgehead atoms. The molecule has 1 atom stereocenters. The molecule has 0 saturated heterocycles. The van der Waals surface area contributed by atoms with E-state index in [-0.39, 0.29) is 24.9 Å². The second kappa shape index (κ2) is 11.3. The summed E-state index contributed by atoms with van der Waals surface area (Å²) in [7, 11) is 0. The van der Waals surface area contributed by atoms with Crippen LogP contribution in [0.1, 0.15) is 30.9 Å². The Labute approximate surface area is 160 Å². The quantitative estimate of drug-likeness (QED) is 0.626. The van der Waals surface area contributed by atoms with Crippen LogP contribution >= 0.6 is 12.4 Å². The summed E-state index contributed by atoms with van der Waals surface area (Å²) in [5, 5.41) is 14.8. The summed E-state index contributed by atoms with van der Waals surface area (Å²) in [4.78, 5) is 23.3. The molecule has 0 radical (unpaired) electrons. The number of carboxylic acids is 1. The Morgan fingerprint density at radius 2 is 1.69 bits per heavy atom. The predicted octanol–water partition coefficient (Wildman–Crippen LogP) is 3.48. The van der Waals surface area contributed by atoms with Crippen LogP contribution in [-0.2, 0) is 16.0 Å². The van der Waals surface area contributed by atoms with Crippen molar-refractivity contribution < 1.29 is 14.7 Å². The molecule has 26 heavy (non-hydrogen) atoms. The van der Waals surface area contributed by atoms with Crippen LogP contribution in [0.4, 0.5) is 5.69 Å². The van der Waals surface area contributed by atoms with Gasteiger partial charge in [0.25, 0.3) is 0 Å². The summed E-state index contributed by atoms with van der Waals surface area (Å²) in [6.07, 6.45) is 1.96. The lowest BCUT2D eigenvalue weighted by atomic mass is 10.0. The average Bonchev–Trinajstić information content (AvgIpc) is 2.61. The molecule has 0 aliphatic heterocycles. The molecule has 140 valence electrons. The minimum atomic E-state index is -0.931. The molecule has 0 spiro atoms. The van der Waals surface area contributed by atoms with Gasteiger partial charge in [0, 0.05) is 5.69 Å². The Morgan fingerprint density at radius 1 is 1.04 bits per heavy atom. The topological polar surface area (TPSA) is 78.4 Å². The van der Waals surface area contributed by atoms with Gasteiger partial charge in [0.15, 0.2) is 0 Å². The number of carbonyl (C=O) groups excluding carboxylic acids is 1. The molecule has 2 aromatic rings. The summed E-state index contributed by atoms with van der Waals surface area (Å²) < 4.78 is 0. The van der Waals surface area contributed by atoms with Crippen LogP contribution in [0.2, 0.25) is 0 Å². The first-order valence-electron chi connectivity index (χ1n) is 8.48. The van der Waals surface area contributed by atoms with E-state index in [2.05, 4.69) is 10.6 Å². The van der Waals surface area contributed by atoms with Gasteiger partial charge in [-0.25, -0.2) is 0 Å². The number of aliphatic carboxylic acids is 1. The first kappa shape index (κ1) is 21.7. The normalized spacial score (nSPS) is 11.3. The van der Waals surface area contributed by atoms with Crippen molar-refractivity contribution in [2.75, 3.05) is 11.9 Å². The maximum absolute atomic E-state index is 12.2. The van der Waals surface area contributed by atoms with E-state index in [1.807, 2.05) is 61.5 Å². The average molecular weight is 377 g/mol. The van der Waals surface area contributed by atoms with Crippen molar-refractivity contribution in [3.05, 3.63) is 65.7 Å². The number of anilines is 1. The number of halogens is 1. The van der Waals surface area contributed by atoms with E-state index in [9.17, 15) is 9.59 Å². The second-order valence-corrected chi connectivity index (χ2v) is 5.93. The third-order valence-electron chi connectivity index (χ3n) is 3.91. The molecule has 1 unspecified atom stereocenters. The standard InChI is InChI=1S/C20H24N2O3.ClH/c1-2-8-18(20(24)25)21-14-19(23)22-17-12-7-6-11-16(17)13-15-9-4-3-5-10-15;/h3-7,9-12,18,21H,2,8,13-14H2,1H3,(H,22,23)(H,24,25);1H. The Kier molecular flexibility index (Phi) is 9.41. The van der Waals surface area contributed by atoms with Crippen LogP contribution < -0.4 is 10.6 Å². The highest BCUT2D eigenvalue weighted by molar-refractivity contribution is 5.93. The highest BCUT2D eigenvalue weighted by Crippen LogP contribution is 2.19. The molecule has 2 rings (SSSR count). The third-order valence-corrected chi connectivity index (χ3v) is 3.91. The summed E-state index contributed by atoms with van der Waals surface area (Å²) in [5.41, 5.74) is 2.93. The van der Waals surface area contributed by atoms with Crippen molar-refractivity contribution in [1.82, 2.24) is 5.32 Å². The van der Waals surface area contributed by atoms with Gasteiger partial charge in [0.05, 0.1) is 6.54 Å². The van der Waals surface area contributed by atoms with E-state index in [1.165, 1.54) is 0 Å². The van der Waals surface area contributed by atoms with Gasteiger partial charge in [-0.15, -0.1) is 12.4 Å². The number of rotatable bonds is 9. The highest BCUT2D eigenvalue weighted by Gasteiger charge is 2.17. The fourth-order valence-corrected chi connectivity index (χ4v) is 2.62.